The largest absolute Gasteiger partial charge is 0.512 e. The van der Waals surface area contributed by atoms with Crippen molar-refractivity contribution in [1.29, 1.82) is 0 Å². The molecule has 105 heavy (non-hydrogen) atoms. The summed E-state index contributed by atoms with van der Waals surface area (Å²) in [6.45, 7) is 41.6. The van der Waals surface area contributed by atoms with Gasteiger partial charge in [-0.3, -0.25) is 29.3 Å². The zero-order valence-corrected chi connectivity index (χ0v) is 73.6. The molecule has 0 unspecified atom stereocenters. The SMILES string of the molecule is CC(=O)C=C(C)O.CC(=O)C=C(C)O.CC(=O)C=C(C)O.Cc1[c-]c(-c2ccc3sc(-c4c(C)cccc4C)cc3n2)cc(C(C)(C)C)c1.Cc1[c-]c(-c2ccc3sc(-c4ccc(C)cc4)cc3n2)cc(C(C)(C)C)c1.Cc1[c-]c(-c2ccc3sc(-c4ccccc4)cc3n2)cc(C(C)(C)C)c1.[Ir].[Ir].[Ir]. The van der Waals surface area contributed by atoms with E-state index in [0.29, 0.717) is 0 Å². The number of aliphatic hydroxyl groups excluding tert-OH is 3. The number of aryl methyl sites for hydroxylation is 6. The summed E-state index contributed by atoms with van der Waals surface area (Å²) in [5.41, 5.74) is 24.9. The van der Waals surface area contributed by atoms with Gasteiger partial charge in [0.25, 0.3) is 0 Å². The molecule has 555 valence electrons. The van der Waals surface area contributed by atoms with Crippen molar-refractivity contribution >= 4 is 82.0 Å². The van der Waals surface area contributed by atoms with Crippen LogP contribution in [0.25, 0.3) is 95.7 Å². The Hall–Kier alpha value is -7.77. The minimum absolute atomic E-state index is 0. The summed E-state index contributed by atoms with van der Waals surface area (Å²) in [6, 6.07) is 69.1. The van der Waals surface area contributed by atoms with E-state index in [1.165, 1.54) is 139 Å². The first-order valence-corrected chi connectivity index (χ1v) is 36.4. The summed E-state index contributed by atoms with van der Waals surface area (Å²) in [5.74, 6) is -0.187. The maximum atomic E-state index is 10.0. The van der Waals surface area contributed by atoms with Gasteiger partial charge in [-0.2, -0.15) is 0 Å². The number of nitrogens with zero attached hydrogens (tertiary/aromatic N) is 3. The van der Waals surface area contributed by atoms with Gasteiger partial charge in [0.05, 0.1) is 47.9 Å². The molecule has 3 N–H and O–H groups in total. The average molecular weight is 1990 g/mol. The molecule has 6 aromatic carbocycles. The first kappa shape index (κ1) is 89.6. The molecule has 0 aliphatic heterocycles. The molecular formula is C90H96Ir3N3O6S3-3. The summed E-state index contributed by atoms with van der Waals surface area (Å²) in [4.78, 5) is 48.7. The number of carbonyl (C=O) groups is 3. The number of carbonyl (C=O) groups excluding carboxylic acids is 3. The quantitative estimate of drug-likeness (QED) is 0.0729. The third-order valence-electron chi connectivity index (χ3n) is 15.9. The minimum atomic E-state index is -0.125. The molecule has 6 aromatic heterocycles. The molecule has 0 bridgehead atoms. The van der Waals surface area contributed by atoms with Crippen molar-refractivity contribution in [3.63, 3.8) is 0 Å². The van der Waals surface area contributed by atoms with Crippen molar-refractivity contribution in [1.82, 2.24) is 15.0 Å². The number of allylic oxidation sites excluding steroid dienone is 6. The van der Waals surface area contributed by atoms with E-state index in [4.69, 9.17) is 30.3 Å². The Kier molecular flexibility index (Phi) is 33.9. The van der Waals surface area contributed by atoms with Crippen LogP contribution in [0.2, 0.25) is 0 Å². The smallest absolute Gasteiger partial charge is 0.155 e. The average Bonchev–Trinajstić information content (AvgIpc) is 1.66. The van der Waals surface area contributed by atoms with Crippen LogP contribution in [-0.2, 0) is 90.9 Å². The molecule has 0 fully saturated rings. The van der Waals surface area contributed by atoms with Gasteiger partial charge in [0.1, 0.15) is 0 Å². The first-order valence-electron chi connectivity index (χ1n) is 34.0. The van der Waals surface area contributed by atoms with Crippen LogP contribution in [0.15, 0.2) is 199 Å². The monoisotopic (exact) mass is 1990 g/mol. The number of fused-ring (bicyclic) bond motifs is 3. The number of thiophene rings is 3. The molecule has 0 spiro atoms. The van der Waals surface area contributed by atoms with Gasteiger partial charge >= 0.3 is 0 Å². The molecule has 12 rings (SSSR count). The van der Waals surface area contributed by atoms with Crippen molar-refractivity contribution in [2.24, 2.45) is 0 Å². The molecular weight excluding hydrogens is 1890 g/mol. The van der Waals surface area contributed by atoms with Crippen molar-refractivity contribution in [2.45, 2.75) is 162 Å². The van der Waals surface area contributed by atoms with Gasteiger partial charge in [-0.15, -0.1) is 139 Å². The zero-order chi connectivity index (χ0) is 75.1. The van der Waals surface area contributed by atoms with E-state index in [2.05, 4.69) is 280 Å². The van der Waals surface area contributed by atoms with E-state index < -0.39 is 0 Å². The summed E-state index contributed by atoms with van der Waals surface area (Å²) in [5, 5.41) is 25.1. The maximum Gasteiger partial charge on any atom is 0.155 e. The summed E-state index contributed by atoms with van der Waals surface area (Å²) < 4.78 is 3.67. The predicted molar refractivity (Wildman–Crippen MR) is 434 cm³/mol. The Morgan fingerprint density at radius 3 is 0.943 bits per heavy atom. The standard InChI is InChI=1S/C26H26NS.C25H24NS.C24H22NS.3C5H8O2.3Ir/c1-16-12-19(14-20(13-16)26(4,5)6)21-10-11-23-22(27-21)15-24(28-23)25-17(2)8-7-9-18(25)3;1-16-6-8-18(9-7-16)24-15-22-23(27-24)11-10-21(26-22)19-12-17(2)13-20(14-19)25(3,4)5;1-16-12-18(14-19(13-16)24(2,3)4)20-10-11-22-21(25-20)15-23(26-22)17-8-6-5-7-9-17;3*1-4(6)3-5(2)7;;;/h7-11,13-15H,1-6H3;6-11,13-15H,1-5H3;5-11,13-15H,1-4H3;3*3,6H,1-2H3;;;/q3*-1;;;;;;. The van der Waals surface area contributed by atoms with E-state index in [0.717, 1.165) is 67.0 Å². The molecule has 0 amide bonds. The van der Waals surface area contributed by atoms with Crippen LogP contribution >= 0.6 is 34.0 Å². The fourth-order valence-corrected chi connectivity index (χ4v) is 14.1. The molecule has 0 aliphatic carbocycles. The van der Waals surface area contributed by atoms with Crippen LogP contribution in [0.4, 0.5) is 0 Å². The van der Waals surface area contributed by atoms with Crippen LogP contribution in [0.5, 0.6) is 0 Å². The Balaban J connectivity index is 0.000000289. The molecule has 9 nitrogen and oxygen atoms in total. The zero-order valence-electron chi connectivity index (χ0n) is 64.0. The fourth-order valence-electron chi connectivity index (χ4n) is 10.9. The summed E-state index contributed by atoms with van der Waals surface area (Å²) in [6.07, 6.45) is 3.50. The molecule has 3 radical (unpaired) electrons. The van der Waals surface area contributed by atoms with Gasteiger partial charge in [0, 0.05) is 93.2 Å². The second kappa shape index (κ2) is 39.7. The summed E-state index contributed by atoms with van der Waals surface area (Å²) in [7, 11) is 0. The van der Waals surface area contributed by atoms with Gasteiger partial charge in [-0.1, -0.05) is 180 Å². The van der Waals surface area contributed by atoms with Gasteiger partial charge in [-0.05, 0) is 160 Å². The van der Waals surface area contributed by atoms with Crippen LogP contribution in [0.1, 0.15) is 154 Å². The van der Waals surface area contributed by atoms with Crippen LogP contribution < -0.4 is 0 Å². The number of ketones is 3. The predicted octanol–water partition coefficient (Wildman–Crippen LogP) is 25.1. The number of aromatic nitrogens is 3. The Labute approximate surface area is 675 Å². The van der Waals surface area contributed by atoms with Gasteiger partial charge < -0.3 is 15.3 Å². The van der Waals surface area contributed by atoms with E-state index in [-0.39, 0.29) is 111 Å². The number of rotatable bonds is 9. The molecule has 0 aliphatic rings. The molecule has 12 aromatic rings. The third-order valence-corrected chi connectivity index (χ3v) is 19.3. The Bertz CT molecular complexity index is 4960. The van der Waals surface area contributed by atoms with Crippen LogP contribution in [-0.4, -0.2) is 47.6 Å². The van der Waals surface area contributed by atoms with Gasteiger partial charge in [0.15, 0.2) is 17.3 Å². The molecule has 0 saturated carbocycles. The molecule has 0 atom stereocenters. The number of benzene rings is 6. The van der Waals surface area contributed by atoms with E-state index >= 15 is 0 Å². The molecule has 15 heteroatoms. The number of pyridine rings is 3. The Morgan fingerprint density at radius 2 is 0.657 bits per heavy atom. The topological polar surface area (TPSA) is 151 Å². The first-order chi connectivity index (χ1) is 47.8. The fraction of sp³-hybridized carbons (Fsp3) is 0.267. The van der Waals surface area contributed by atoms with Gasteiger partial charge in [-0.25, -0.2) is 0 Å². The van der Waals surface area contributed by atoms with Crippen molar-refractivity contribution in [3.05, 3.63) is 268 Å². The number of hydrogen-bond acceptors (Lipinski definition) is 12. The second-order valence-corrected chi connectivity index (χ2v) is 32.2. The summed E-state index contributed by atoms with van der Waals surface area (Å²) >= 11 is 5.41. The third kappa shape index (κ3) is 27.2. The van der Waals surface area contributed by atoms with E-state index in [1.807, 2.05) is 17.4 Å². The van der Waals surface area contributed by atoms with Crippen molar-refractivity contribution in [3.8, 4) is 65.1 Å². The number of aliphatic hydroxyl groups is 3. The molecule has 0 saturated heterocycles. The minimum Gasteiger partial charge on any atom is -0.512 e. The number of hydrogen-bond donors (Lipinski definition) is 3. The van der Waals surface area contributed by atoms with Crippen LogP contribution in [0, 0.1) is 59.7 Å². The maximum absolute atomic E-state index is 10.0. The van der Waals surface area contributed by atoms with Gasteiger partial charge in [0.2, 0.25) is 0 Å². The van der Waals surface area contributed by atoms with E-state index in [9.17, 15) is 14.4 Å². The van der Waals surface area contributed by atoms with Crippen molar-refractivity contribution in [2.75, 3.05) is 0 Å². The van der Waals surface area contributed by atoms with E-state index in [1.54, 1.807) is 22.7 Å². The normalized spacial score (nSPS) is 11.5. The molecule has 6 heterocycles. The van der Waals surface area contributed by atoms with Crippen molar-refractivity contribution < 1.29 is 90.0 Å². The second-order valence-electron chi connectivity index (χ2n) is 28.9. The Morgan fingerprint density at radius 1 is 0.362 bits per heavy atom. The van der Waals surface area contributed by atoms with Crippen LogP contribution in [0.3, 0.4) is 0 Å².